The van der Waals surface area contributed by atoms with E-state index in [0.717, 1.165) is 51.3 Å². The number of rotatable bonds is 7. The summed E-state index contributed by atoms with van der Waals surface area (Å²) in [4.78, 5) is 18.2. The highest BCUT2D eigenvalue weighted by atomic mass is 16.2. The molecular weight excluding hydrogens is 252 g/mol. The van der Waals surface area contributed by atoms with Crippen LogP contribution in [0.3, 0.4) is 0 Å². The van der Waals surface area contributed by atoms with Crippen molar-refractivity contribution in [1.82, 2.24) is 19.8 Å². The molecular formula is C15H26N4O. The van der Waals surface area contributed by atoms with E-state index in [1.54, 1.807) is 0 Å². The van der Waals surface area contributed by atoms with Crippen molar-refractivity contribution in [2.24, 2.45) is 0 Å². The van der Waals surface area contributed by atoms with Gasteiger partial charge in [-0.15, -0.1) is 0 Å². The number of aromatic nitrogens is 2. The Bertz CT molecular complexity index is 423. The fourth-order valence-corrected chi connectivity index (χ4v) is 2.73. The van der Waals surface area contributed by atoms with Gasteiger partial charge in [-0.3, -0.25) is 4.79 Å². The summed E-state index contributed by atoms with van der Waals surface area (Å²) in [5, 5.41) is 3.43. The minimum Gasteiger partial charge on any atom is -0.343 e. The van der Waals surface area contributed by atoms with Crippen LogP contribution in [0.4, 0.5) is 0 Å². The molecule has 0 aromatic carbocycles. The maximum Gasteiger partial charge on any atom is 0.223 e. The minimum atomic E-state index is 0.291. The second-order valence-corrected chi connectivity index (χ2v) is 5.54. The number of nitrogens with one attached hydrogen (secondary N) is 1. The smallest absolute Gasteiger partial charge is 0.223 e. The molecule has 0 saturated carbocycles. The lowest BCUT2D eigenvalue weighted by atomic mass is 10.3. The van der Waals surface area contributed by atoms with Crippen LogP contribution in [0.15, 0.2) is 12.4 Å². The van der Waals surface area contributed by atoms with Gasteiger partial charge in [-0.2, -0.15) is 0 Å². The van der Waals surface area contributed by atoms with Crippen molar-refractivity contribution in [3.63, 3.8) is 0 Å². The number of carbonyl (C=O) groups is 1. The zero-order chi connectivity index (χ0) is 14.4. The van der Waals surface area contributed by atoms with Gasteiger partial charge in [-0.25, -0.2) is 4.98 Å². The number of nitrogens with zero attached hydrogens (tertiary/aromatic N) is 3. The third kappa shape index (κ3) is 4.07. The normalized spacial score (nSPS) is 16.6. The number of carbonyl (C=O) groups excluding carboxylic acids is 1. The molecule has 1 aliphatic heterocycles. The summed E-state index contributed by atoms with van der Waals surface area (Å²) in [6.07, 6.45) is 7.75. The van der Waals surface area contributed by atoms with Crippen molar-refractivity contribution >= 4 is 5.91 Å². The Morgan fingerprint density at radius 3 is 2.90 bits per heavy atom. The SMILES string of the molecule is CCc1nccn1CC(C)NCCC(=O)N1CCCC1. The Hall–Kier alpha value is -1.36. The molecule has 1 unspecified atom stereocenters. The molecule has 1 aromatic heterocycles. The summed E-state index contributed by atoms with van der Waals surface area (Å²) in [6, 6.07) is 0.348. The highest BCUT2D eigenvalue weighted by Crippen LogP contribution is 2.08. The van der Waals surface area contributed by atoms with Crippen LogP contribution in [0.2, 0.25) is 0 Å². The van der Waals surface area contributed by atoms with E-state index in [1.807, 2.05) is 17.3 Å². The first kappa shape index (κ1) is 15.0. The van der Waals surface area contributed by atoms with E-state index in [9.17, 15) is 4.79 Å². The second-order valence-electron chi connectivity index (χ2n) is 5.54. The van der Waals surface area contributed by atoms with E-state index in [-0.39, 0.29) is 0 Å². The molecule has 1 aromatic rings. The molecule has 5 heteroatoms. The summed E-state index contributed by atoms with van der Waals surface area (Å²) < 4.78 is 2.18. The third-order valence-electron chi connectivity index (χ3n) is 3.88. The second kappa shape index (κ2) is 7.43. The van der Waals surface area contributed by atoms with E-state index in [4.69, 9.17) is 0 Å². The van der Waals surface area contributed by atoms with Crippen LogP contribution in [0.1, 0.15) is 38.9 Å². The minimum absolute atomic E-state index is 0.291. The number of amides is 1. The van der Waals surface area contributed by atoms with Gasteiger partial charge in [0, 0.05) is 57.5 Å². The van der Waals surface area contributed by atoms with Crippen LogP contribution in [-0.4, -0.2) is 46.0 Å². The van der Waals surface area contributed by atoms with Gasteiger partial charge >= 0.3 is 0 Å². The molecule has 0 bridgehead atoms. The maximum atomic E-state index is 11.9. The van der Waals surface area contributed by atoms with Crippen molar-refractivity contribution in [1.29, 1.82) is 0 Å². The van der Waals surface area contributed by atoms with Gasteiger partial charge in [0.15, 0.2) is 0 Å². The van der Waals surface area contributed by atoms with Crippen molar-refractivity contribution < 1.29 is 4.79 Å². The first-order valence-corrected chi connectivity index (χ1v) is 7.72. The van der Waals surface area contributed by atoms with Gasteiger partial charge in [0.1, 0.15) is 5.82 Å². The average Bonchev–Trinajstić information content (AvgIpc) is 3.09. The summed E-state index contributed by atoms with van der Waals surface area (Å²) in [6.45, 7) is 7.83. The molecule has 1 aliphatic rings. The Balaban J connectivity index is 1.67. The van der Waals surface area contributed by atoms with E-state index < -0.39 is 0 Å². The van der Waals surface area contributed by atoms with Crippen LogP contribution in [0, 0.1) is 0 Å². The molecule has 1 amide bonds. The molecule has 1 saturated heterocycles. The van der Waals surface area contributed by atoms with Gasteiger partial charge in [-0.05, 0) is 19.8 Å². The monoisotopic (exact) mass is 278 g/mol. The van der Waals surface area contributed by atoms with Gasteiger partial charge < -0.3 is 14.8 Å². The fourth-order valence-electron chi connectivity index (χ4n) is 2.73. The van der Waals surface area contributed by atoms with Crippen LogP contribution in [0.25, 0.3) is 0 Å². The predicted molar refractivity (Wildman–Crippen MR) is 79.5 cm³/mol. The summed E-state index contributed by atoms with van der Waals surface area (Å²) in [5.41, 5.74) is 0. The molecule has 2 heterocycles. The highest BCUT2D eigenvalue weighted by molar-refractivity contribution is 5.76. The maximum absolute atomic E-state index is 11.9. The Kier molecular flexibility index (Phi) is 5.59. The summed E-state index contributed by atoms with van der Waals surface area (Å²) >= 11 is 0. The molecule has 0 radical (unpaired) electrons. The van der Waals surface area contributed by atoms with Crippen molar-refractivity contribution in [2.75, 3.05) is 19.6 Å². The zero-order valence-corrected chi connectivity index (χ0v) is 12.6. The molecule has 0 spiro atoms. The first-order chi connectivity index (χ1) is 9.70. The molecule has 20 heavy (non-hydrogen) atoms. The largest absolute Gasteiger partial charge is 0.343 e. The Morgan fingerprint density at radius 1 is 1.45 bits per heavy atom. The van der Waals surface area contributed by atoms with Crippen molar-refractivity contribution in [3.05, 3.63) is 18.2 Å². The van der Waals surface area contributed by atoms with E-state index in [1.165, 1.54) is 0 Å². The highest BCUT2D eigenvalue weighted by Gasteiger charge is 2.17. The first-order valence-electron chi connectivity index (χ1n) is 7.72. The average molecular weight is 278 g/mol. The topological polar surface area (TPSA) is 50.2 Å². The zero-order valence-electron chi connectivity index (χ0n) is 12.6. The van der Waals surface area contributed by atoms with Gasteiger partial charge in [0.2, 0.25) is 5.91 Å². The Morgan fingerprint density at radius 2 is 2.20 bits per heavy atom. The van der Waals surface area contributed by atoms with Crippen LogP contribution in [0.5, 0.6) is 0 Å². The number of hydrogen-bond acceptors (Lipinski definition) is 3. The van der Waals surface area contributed by atoms with Crippen molar-refractivity contribution in [2.45, 2.75) is 52.1 Å². The lowest BCUT2D eigenvalue weighted by Gasteiger charge is -2.18. The quantitative estimate of drug-likeness (QED) is 0.821. The van der Waals surface area contributed by atoms with Crippen LogP contribution >= 0.6 is 0 Å². The number of imidazole rings is 1. The number of aryl methyl sites for hydroxylation is 1. The van der Waals surface area contributed by atoms with Gasteiger partial charge in [0.05, 0.1) is 0 Å². The lowest BCUT2D eigenvalue weighted by molar-refractivity contribution is -0.130. The molecule has 5 nitrogen and oxygen atoms in total. The number of hydrogen-bond donors (Lipinski definition) is 1. The third-order valence-corrected chi connectivity index (χ3v) is 3.88. The van der Waals surface area contributed by atoms with E-state index in [2.05, 4.69) is 28.7 Å². The number of likely N-dealkylation sites (tertiary alicyclic amines) is 1. The van der Waals surface area contributed by atoms with E-state index >= 15 is 0 Å². The predicted octanol–water partition coefficient (Wildman–Crippen LogP) is 1.44. The van der Waals surface area contributed by atoms with Crippen LogP contribution < -0.4 is 5.32 Å². The standard InChI is InChI=1S/C15H26N4O/c1-3-14-17-8-11-19(14)12-13(2)16-7-6-15(20)18-9-4-5-10-18/h8,11,13,16H,3-7,9-10,12H2,1-2H3. The summed E-state index contributed by atoms with van der Waals surface area (Å²) in [7, 11) is 0. The molecule has 1 atom stereocenters. The molecule has 1 N–H and O–H groups in total. The Labute approximate surface area is 121 Å². The van der Waals surface area contributed by atoms with Crippen molar-refractivity contribution in [3.8, 4) is 0 Å². The molecule has 2 rings (SSSR count). The van der Waals surface area contributed by atoms with E-state index in [0.29, 0.717) is 18.4 Å². The fraction of sp³-hybridized carbons (Fsp3) is 0.733. The molecule has 1 fully saturated rings. The van der Waals surface area contributed by atoms with Gasteiger partial charge in [0.25, 0.3) is 0 Å². The molecule has 0 aliphatic carbocycles. The summed E-state index contributed by atoms with van der Waals surface area (Å²) in [5.74, 6) is 1.41. The van der Waals surface area contributed by atoms with Gasteiger partial charge in [-0.1, -0.05) is 6.92 Å². The molecule has 112 valence electrons. The van der Waals surface area contributed by atoms with Crippen LogP contribution in [-0.2, 0) is 17.8 Å². The lowest BCUT2D eigenvalue weighted by Crippen LogP contribution is -2.35.